The minimum atomic E-state index is -4.31. The molecule has 0 heterocycles. The molecule has 0 spiro atoms. The van der Waals surface area contributed by atoms with Crippen LogP contribution in [0.1, 0.15) is 37.0 Å². The fourth-order valence-electron chi connectivity index (χ4n) is 5.12. The first-order valence-corrected chi connectivity index (χ1v) is 17.0. The van der Waals surface area contributed by atoms with E-state index < -0.39 is 28.5 Å². The molecule has 4 aromatic rings. The number of hydrogen-bond donors (Lipinski definition) is 1. The minimum Gasteiger partial charge on any atom is -0.497 e. The molecule has 4 rings (SSSR count). The lowest BCUT2D eigenvalue weighted by Crippen LogP contribution is -2.54. The van der Waals surface area contributed by atoms with Gasteiger partial charge in [-0.25, -0.2) is 8.42 Å². The maximum Gasteiger partial charge on any atom is 0.264 e. The number of nitrogens with zero attached hydrogens (tertiary/aromatic N) is 2. The van der Waals surface area contributed by atoms with Crippen LogP contribution in [0.5, 0.6) is 11.5 Å². The van der Waals surface area contributed by atoms with E-state index in [9.17, 15) is 18.0 Å². The average molecular weight is 658 g/mol. The van der Waals surface area contributed by atoms with Gasteiger partial charge in [-0.05, 0) is 55.7 Å². The van der Waals surface area contributed by atoms with Crippen molar-refractivity contribution in [1.29, 1.82) is 0 Å². The average Bonchev–Trinajstić information content (AvgIpc) is 3.09. The third-order valence-corrected chi connectivity index (χ3v) is 9.78. The van der Waals surface area contributed by atoms with E-state index in [1.165, 1.54) is 37.3 Å². The Morgan fingerprint density at radius 2 is 1.45 bits per heavy atom. The van der Waals surface area contributed by atoms with Crippen LogP contribution in [0.15, 0.2) is 108 Å². The Morgan fingerprint density at radius 3 is 2.02 bits per heavy atom. The van der Waals surface area contributed by atoms with Crippen molar-refractivity contribution in [2.24, 2.45) is 0 Å². The third-order valence-electron chi connectivity index (χ3n) is 8.01. The van der Waals surface area contributed by atoms with Crippen LogP contribution in [0.25, 0.3) is 0 Å². The van der Waals surface area contributed by atoms with Gasteiger partial charge >= 0.3 is 0 Å². The van der Waals surface area contributed by atoms with E-state index in [0.29, 0.717) is 12.2 Å². The molecule has 10 heteroatoms. The molecular weight excluding hydrogens is 614 g/mol. The van der Waals surface area contributed by atoms with Crippen LogP contribution in [-0.2, 0) is 32.6 Å². The highest BCUT2D eigenvalue weighted by molar-refractivity contribution is 7.92. The fourth-order valence-corrected chi connectivity index (χ4v) is 6.53. The van der Waals surface area contributed by atoms with Gasteiger partial charge in [0.05, 0.1) is 24.8 Å². The van der Waals surface area contributed by atoms with E-state index >= 15 is 0 Å². The molecule has 0 fully saturated rings. The molecule has 1 N–H and O–H groups in total. The molecule has 248 valence electrons. The summed E-state index contributed by atoms with van der Waals surface area (Å²) >= 11 is 0. The number of methoxy groups -OCH3 is 2. The van der Waals surface area contributed by atoms with Crippen molar-refractivity contribution in [3.05, 3.63) is 120 Å². The summed E-state index contributed by atoms with van der Waals surface area (Å²) in [4.78, 5) is 30.1. The zero-order chi connectivity index (χ0) is 34.0. The van der Waals surface area contributed by atoms with Crippen LogP contribution >= 0.6 is 0 Å². The van der Waals surface area contributed by atoms with Crippen LogP contribution in [-0.4, -0.2) is 58.0 Å². The molecule has 0 saturated carbocycles. The number of rotatable bonds is 15. The maximum absolute atomic E-state index is 14.7. The summed E-state index contributed by atoms with van der Waals surface area (Å²) in [6.07, 6.45) is 0.934. The molecule has 0 bridgehead atoms. The summed E-state index contributed by atoms with van der Waals surface area (Å²) < 4.78 is 40.8. The smallest absolute Gasteiger partial charge is 0.264 e. The Labute approximate surface area is 278 Å². The van der Waals surface area contributed by atoms with Crippen LogP contribution < -0.4 is 19.1 Å². The SMILES string of the molecule is CC[C@H](C)NC(=O)[C@H](Cc1ccccc1)N(Cc1ccccc1)C(=O)CN(c1cc(OC)ccc1OC)S(=O)(=O)c1ccc(C)cc1. The van der Waals surface area contributed by atoms with Gasteiger partial charge in [-0.2, -0.15) is 0 Å². The van der Waals surface area contributed by atoms with Crippen molar-refractivity contribution >= 4 is 27.5 Å². The fraction of sp³-hybridized carbons (Fsp3) is 0.297. The summed E-state index contributed by atoms with van der Waals surface area (Å²) in [7, 11) is -1.40. The number of nitrogens with one attached hydrogen (secondary N) is 1. The number of hydrogen-bond acceptors (Lipinski definition) is 6. The zero-order valence-electron chi connectivity index (χ0n) is 27.6. The van der Waals surface area contributed by atoms with E-state index in [2.05, 4.69) is 5.32 Å². The van der Waals surface area contributed by atoms with E-state index in [1.807, 2.05) is 81.4 Å². The molecule has 0 aliphatic rings. The number of benzene rings is 4. The molecule has 0 radical (unpaired) electrons. The van der Waals surface area contributed by atoms with Crippen molar-refractivity contribution in [1.82, 2.24) is 10.2 Å². The number of aryl methyl sites for hydroxylation is 1. The second-order valence-electron chi connectivity index (χ2n) is 11.4. The van der Waals surface area contributed by atoms with Crippen LogP contribution in [0.3, 0.4) is 0 Å². The Morgan fingerprint density at radius 1 is 0.830 bits per heavy atom. The molecule has 0 aliphatic heterocycles. The molecular formula is C37H43N3O6S. The van der Waals surface area contributed by atoms with E-state index in [0.717, 1.165) is 21.0 Å². The molecule has 2 amide bonds. The normalized spacial score (nSPS) is 12.4. The van der Waals surface area contributed by atoms with Gasteiger partial charge in [-0.1, -0.05) is 85.3 Å². The minimum absolute atomic E-state index is 0.00531. The zero-order valence-corrected chi connectivity index (χ0v) is 28.4. The largest absolute Gasteiger partial charge is 0.497 e. The molecule has 0 aliphatic carbocycles. The van der Waals surface area contributed by atoms with Crippen LogP contribution in [0.4, 0.5) is 5.69 Å². The number of amides is 2. The molecule has 2 atom stereocenters. The summed E-state index contributed by atoms with van der Waals surface area (Å²) in [5.74, 6) is -0.262. The van der Waals surface area contributed by atoms with Gasteiger partial charge in [0.1, 0.15) is 24.1 Å². The number of carbonyl (C=O) groups excluding carboxylic acids is 2. The summed E-state index contributed by atoms with van der Waals surface area (Å²) in [6.45, 7) is 5.22. The van der Waals surface area contributed by atoms with Crippen molar-refractivity contribution in [3.8, 4) is 11.5 Å². The van der Waals surface area contributed by atoms with Crippen LogP contribution in [0.2, 0.25) is 0 Å². The van der Waals surface area contributed by atoms with Crippen molar-refractivity contribution in [2.45, 2.75) is 57.1 Å². The lowest BCUT2D eigenvalue weighted by molar-refractivity contribution is -0.140. The van der Waals surface area contributed by atoms with E-state index in [4.69, 9.17) is 9.47 Å². The van der Waals surface area contributed by atoms with E-state index in [1.54, 1.807) is 24.3 Å². The Kier molecular flexibility index (Phi) is 12.0. The summed E-state index contributed by atoms with van der Waals surface area (Å²) in [6, 6.07) is 28.9. The van der Waals surface area contributed by atoms with Gasteiger partial charge in [-0.3, -0.25) is 13.9 Å². The number of anilines is 1. The van der Waals surface area contributed by atoms with Crippen molar-refractivity contribution in [3.63, 3.8) is 0 Å². The first kappa shape index (κ1) is 35.0. The summed E-state index contributed by atoms with van der Waals surface area (Å²) in [5, 5.41) is 3.05. The topological polar surface area (TPSA) is 105 Å². The van der Waals surface area contributed by atoms with Gasteiger partial charge in [0.15, 0.2) is 0 Å². The van der Waals surface area contributed by atoms with Gasteiger partial charge in [0.25, 0.3) is 10.0 Å². The lowest BCUT2D eigenvalue weighted by Gasteiger charge is -2.34. The van der Waals surface area contributed by atoms with Gasteiger partial charge < -0.3 is 19.7 Å². The standard InChI is InChI=1S/C37H43N3O6S/c1-6-28(3)38-37(42)34(23-29-13-9-7-10-14-29)39(25-30-15-11-8-12-16-30)36(41)26-40(33-24-31(45-4)19-22-35(33)46-5)47(43,44)32-20-17-27(2)18-21-32/h7-22,24,28,34H,6,23,25-26H2,1-5H3,(H,38,42)/t28-,34-/m0/s1. The quantitative estimate of drug-likeness (QED) is 0.174. The highest BCUT2D eigenvalue weighted by Crippen LogP contribution is 2.36. The van der Waals surface area contributed by atoms with Crippen molar-refractivity contribution < 1.29 is 27.5 Å². The monoisotopic (exact) mass is 657 g/mol. The number of ether oxygens (including phenoxy) is 2. The molecule has 0 saturated heterocycles. The first-order chi connectivity index (χ1) is 22.6. The van der Waals surface area contributed by atoms with Gasteiger partial charge in [0.2, 0.25) is 11.8 Å². The second-order valence-corrected chi connectivity index (χ2v) is 13.3. The lowest BCUT2D eigenvalue weighted by atomic mass is 10.0. The number of sulfonamides is 1. The molecule has 0 aromatic heterocycles. The maximum atomic E-state index is 14.7. The summed E-state index contributed by atoms with van der Waals surface area (Å²) in [5.41, 5.74) is 2.67. The Bertz CT molecular complexity index is 1730. The highest BCUT2D eigenvalue weighted by Gasteiger charge is 2.36. The highest BCUT2D eigenvalue weighted by atomic mass is 32.2. The molecule has 4 aromatic carbocycles. The van der Waals surface area contributed by atoms with Gasteiger partial charge in [-0.15, -0.1) is 0 Å². The second kappa shape index (κ2) is 16.1. The number of carbonyl (C=O) groups is 2. The van der Waals surface area contributed by atoms with Gasteiger partial charge in [0, 0.05) is 25.1 Å². The third kappa shape index (κ3) is 8.92. The van der Waals surface area contributed by atoms with Crippen LogP contribution in [0, 0.1) is 6.92 Å². The predicted octanol–water partition coefficient (Wildman–Crippen LogP) is 5.76. The Balaban J connectivity index is 1.86. The van der Waals surface area contributed by atoms with Crippen molar-refractivity contribution in [2.75, 3.05) is 25.1 Å². The first-order valence-electron chi connectivity index (χ1n) is 15.6. The molecule has 47 heavy (non-hydrogen) atoms. The molecule has 0 unspecified atom stereocenters. The molecule has 9 nitrogen and oxygen atoms in total. The van der Waals surface area contributed by atoms with E-state index in [-0.39, 0.29) is 41.2 Å². The predicted molar refractivity (Wildman–Crippen MR) is 184 cm³/mol. The Hall–Kier alpha value is -4.83.